The molecule has 204 valence electrons. The van der Waals surface area contributed by atoms with Gasteiger partial charge in [-0.2, -0.15) is 0 Å². The number of benzene rings is 8. The molecule has 8 aromatic carbocycles. The van der Waals surface area contributed by atoms with Crippen LogP contribution < -0.4 is 0 Å². The fourth-order valence-corrected chi connectivity index (χ4v) is 8.52. The molecule has 0 radical (unpaired) electrons. The third-order valence-corrected chi connectivity index (χ3v) is 10.3. The molecule has 0 unspecified atom stereocenters. The van der Waals surface area contributed by atoms with Gasteiger partial charge in [-0.15, -0.1) is 11.3 Å². The summed E-state index contributed by atoms with van der Waals surface area (Å²) in [6.07, 6.45) is 0. The maximum absolute atomic E-state index is 6.99. The Bertz CT molecular complexity index is 2710. The molecule has 1 nitrogen and oxygen atoms in total. The Morgan fingerprint density at radius 3 is 1.68 bits per heavy atom. The van der Waals surface area contributed by atoms with Crippen LogP contribution in [-0.4, -0.2) is 0 Å². The summed E-state index contributed by atoms with van der Waals surface area (Å²) in [5.74, 6) is 0. The number of fused-ring (bicyclic) bond motifs is 10. The minimum atomic E-state index is 0.928. The van der Waals surface area contributed by atoms with E-state index < -0.39 is 0 Å². The van der Waals surface area contributed by atoms with Crippen molar-refractivity contribution in [1.29, 1.82) is 0 Å². The van der Waals surface area contributed by atoms with Gasteiger partial charge < -0.3 is 4.42 Å². The van der Waals surface area contributed by atoms with Crippen molar-refractivity contribution in [2.24, 2.45) is 0 Å². The molecule has 0 N–H and O–H groups in total. The molecule has 0 saturated carbocycles. The lowest BCUT2D eigenvalue weighted by molar-refractivity contribution is 0.671. The van der Waals surface area contributed by atoms with E-state index in [2.05, 4.69) is 146 Å². The molecule has 0 aliphatic carbocycles. The molecular formula is C42H24OS. The van der Waals surface area contributed by atoms with Gasteiger partial charge in [0.1, 0.15) is 11.2 Å². The molecular weight excluding hydrogens is 553 g/mol. The highest BCUT2D eigenvalue weighted by molar-refractivity contribution is 7.26. The van der Waals surface area contributed by atoms with Crippen LogP contribution in [0.25, 0.3) is 96.7 Å². The average molecular weight is 577 g/mol. The Balaban J connectivity index is 1.45. The zero-order chi connectivity index (χ0) is 28.8. The van der Waals surface area contributed by atoms with Crippen molar-refractivity contribution in [1.82, 2.24) is 0 Å². The summed E-state index contributed by atoms with van der Waals surface area (Å²) in [7, 11) is 0. The Labute approximate surface area is 257 Å². The molecule has 44 heavy (non-hydrogen) atoms. The first-order valence-electron chi connectivity index (χ1n) is 15.0. The van der Waals surface area contributed by atoms with E-state index in [-0.39, 0.29) is 0 Å². The lowest BCUT2D eigenvalue weighted by atomic mass is 9.85. The van der Waals surface area contributed by atoms with Gasteiger partial charge >= 0.3 is 0 Å². The van der Waals surface area contributed by atoms with Crippen LogP contribution in [0.3, 0.4) is 0 Å². The minimum absolute atomic E-state index is 0.928. The van der Waals surface area contributed by atoms with Crippen LogP contribution in [-0.2, 0) is 0 Å². The highest BCUT2D eigenvalue weighted by Gasteiger charge is 2.23. The van der Waals surface area contributed by atoms with Crippen molar-refractivity contribution >= 4 is 85.8 Å². The molecule has 2 aromatic heterocycles. The number of rotatable bonds is 2. The van der Waals surface area contributed by atoms with E-state index in [4.69, 9.17) is 4.42 Å². The van der Waals surface area contributed by atoms with E-state index in [1.807, 2.05) is 11.3 Å². The molecule has 0 bridgehead atoms. The molecule has 10 aromatic rings. The average Bonchev–Trinajstić information content (AvgIpc) is 3.64. The molecule has 0 spiro atoms. The van der Waals surface area contributed by atoms with Gasteiger partial charge in [-0.1, -0.05) is 121 Å². The van der Waals surface area contributed by atoms with E-state index in [0.29, 0.717) is 0 Å². The van der Waals surface area contributed by atoms with Crippen LogP contribution in [0.5, 0.6) is 0 Å². The predicted molar refractivity (Wildman–Crippen MR) is 190 cm³/mol. The van der Waals surface area contributed by atoms with Crippen LogP contribution in [0.2, 0.25) is 0 Å². The third-order valence-electron chi connectivity index (χ3n) is 9.21. The van der Waals surface area contributed by atoms with Gasteiger partial charge in [0.15, 0.2) is 0 Å². The highest BCUT2D eigenvalue weighted by Crippen LogP contribution is 2.50. The zero-order valence-corrected chi connectivity index (χ0v) is 24.5. The van der Waals surface area contributed by atoms with E-state index in [9.17, 15) is 0 Å². The molecule has 0 aliphatic rings. The summed E-state index contributed by atoms with van der Waals surface area (Å²) in [5, 5.41) is 12.3. The maximum atomic E-state index is 6.99. The first-order valence-corrected chi connectivity index (χ1v) is 15.8. The lowest BCUT2D eigenvalue weighted by Gasteiger charge is -2.18. The molecule has 0 fully saturated rings. The quantitative estimate of drug-likeness (QED) is 0.187. The predicted octanol–water partition coefficient (Wildman–Crippen LogP) is 12.7. The van der Waals surface area contributed by atoms with Crippen molar-refractivity contribution in [3.63, 3.8) is 0 Å². The highest BCUT2D eigenvalue weighted by atomic mass is 32.1. The van der Waals surface area contributed by atoms with E-state index >= 15 is 0 Å². The summed E-state index contributed by atoms with van der Waals surface area (Å²) < 4.78 is 9.57. The van der Waals surface area contributed by atoms with Crippen LogP contribution >= 0.6 is 11.3 Å². The standard InChI is InChI=1S/C42H24OS/c1-2-12-25(13-3-1)38-28-16-6-8-18-30(28)39(31-19-9-7-17-29(31)38)34-24-37-40(32-20-10-11-21-36(32)44-37)41-33-22-26-14-4-5-15-27(26)23-35(33)43-42(34)41/h1-24H. The van der Waals surface area contributed by atoms with Gasteiger partial charge in [-0.05, 0) is 67.7 Å². The van der Waals surface area contributed by atoms with Crippen molar-refractivity contribution in [3.8, 4) is 22.3 Å². The Morgan fingerprint density at radius 1 is 0.409 bits per heavy atom. The second kappa shape index (κ2) is 9.03. The van der Waals surface area contributed by atoms with E-state index in [1.165, 1.54) is 80.0 Å². The number of furan rings is 1. The summed E-state index contributed by atoms with van der Waals surface area (Å²) >= 11 is 1.87. The van der Waals surface area contributed by atoms with Gasteiger partial charge in [0.2, 0.25) is 0 Å². The molecule has 10 rings (SSSR count). The van der Waals surface area contributed by atoms with Crippen LogP contribution in [0.15, 0.2) is 150 Å². The van der Waals surface area contributed by atoms with Crippen LogP contribution in [0.4, 0.5) is 0 Å². The number of thiophene rings is 1. The van der Waals surface area contributed by atoms with Gasteiger partial charge in [0.25, 0.3) is 0 Å². The smallest absolute Gasteiger partial charge is 0.144 e. The monoisotopic (exact) mass is 576 g/mol. The van der Waals surface area contributed by atoms with Gasteiger partial charge in [0, 0.05) is 42.1 Å². The van der Waals surface area contributed by atoms with Gasteiger partial charge in [-0.25, -0.2) is 0 Å². The molecule has 0 atom stereocenters. The second-order valence-electron chi connectivity index (χ2n) is 11.6. The van der Waals surface area contributed by atoms with Crippen LogP contribution in [0, 0.1) is 0 Å². The second-order valence-corrected chi connectivity index (χ2v) is 12.7. The summed E-state index contributed by atoms with van der Waals surface area (Å²) in [6.45, 7) is 0. The summed E-state index contributed by atoms with van der Waals surface area (Å²) in [4.78, 5) is 0. The topological polar surface area (TPSA) is 13.1 Å². The fourth-order valence-electron chi connectivity index (χ4n) is 7.36. The van der Waals surface area contributed by atoms with Crippen LogP contribution in [0.1, 0.15) is 0 Å². The van der Waals surface area contributed by atoms with Crippen molar-refractivity contribution in [2.45, 2.75) is 0 Å². The molecule has 2 heterocycles. The molecule has 0 saturated heterocycles. The van der Waals surface area contributed by atoms with Crippen molar-refractivity contribution in [3.05, 3.63) is 146 Å². The van der Waals surface area contributed by atoms with E-state index in [1.54, 1.807) is 0 Å². The number of hydrogen-bond donors (Lipinski definition) is 0. The Morgan fingerprint density at radius 2 is 0.977 bits per heavy atom. The van der Waals surface area contributed by atoms with Crippen molar-refractivity contribution in [2.75, 3.05) is 0 Å². The molecule has 0 amide bonds. The Kier molecular flexibility index (Phi) is 4.94. The first kappa shape index (κ1) is 24.0. The van der Waals surface area contributed by atoms with Gasteiger partial charge in [0.05, 0.1) is 0 Å². The Hall–Kier alpha value is -5.44. The molecule has 0 aliphatic heterocycles. The third kappa shape index (κ3) is 3.29. The first-order chi connectivity index (χ1) is 21.8. The van der Waals surface area contributed by atoms with Gasteiger partial charge in [-0.3, -0.25) is 0 Å². The minimum Gasteiger partial charge on any atom is -0.455 e. The SMILES string of the molecule is c1ccc(-c2c3ccccc3c(-c3cc4sc5ccccc5c4c4c3oc3cc5ccccc5cc34)c3ccccc23)cc1. The fraction of sp³-hybridized carbons (Fsp3) is 0. The van der Waals surface area contributed by atoms with Crippen molar-refractivity contribution < 1.29 is 4.42 Å². The summed E-state index contributed by atoms with van der Waals surface area (Å²) in [6, 6.07) is 52.8. The maximum Gasteiger partial charge on any atom is 0.144 e. The summed E-state index contributed by atoms with van der Waals surface area (Å²) in [5.41, 5.74) is 6.75. The molecule has 2 heteroatoms. The zero-order valence-electron chi connectivity index (χ0n) is 23.7. The van der Waals surface area contributed by atoms with E-state index in [0.717, 1.165) is 16.7 Å². The number of hydrogen-bond acceptors (Lipinski definition) is 2. The lowest BCUT2D eigenvalue weighted by Crippen LogP contribution is -1.91. The normalized spacial score (nSPS) is 12.1. The largest absolute Gasteiger partial charge is 0.455 e.